The van der Waals surface area contributed by atoms with E-state index in [4.69, 9.17) is 18.5 Å². The van der Waals surface area contributed by atoms with E-state index >= 15 is 0 Å². The molecule has 0 spiro atoms. The molecule has 0 aliphatic rings. The molecule has 2 atom stereocenters. The molecular formula is C70H120NO8P. The normalized spacial score (nSPS) is 14.0. The highest BCUT2D eigenvalue weighted by Crippen LogP contribution is 2.38. The fourth-order valence-electron chi connectivity index (χ4n) is 8.59. The van der Waals surface area contributed by atoms with E-state index in [1.807, 2.05) is 21.1 Å². The number of nitrogens with zero attached hydrogens (tertiary/aromatic N) is 1. The third kappa shape index (κ3) is 63.6. The Morgan fingerprint density at radius 2 is 0.675 bits per heavy atom. The number of unbranched alkanes of at least 4 members (excludes halogenated alkanes) is 24. The van der Waals surface area contributed by atoms with E-state index in [-0.39, 0.29) is 32.0 Å². The number of phosphoric acid groups is 1. The molecule has 0 aromatic heterocycles. The van der Waals surface area contributed by atoms with Crippen molar-refractivity contribution in [2.45, 2.75) is 264 Å². The summed E-state index contributed by atoms with van der Waals surface area (Å²) < 4.78 is 34.3. The molecule has 0 saturated heterocycles. The van der Waals surface area contributed by atoms with Crippen molar-refractivity contribution >= 4 is 19.8 Å². The summed E-state index contributed by atoms with van der Waals surface area (Å²) in [6, 6.07) is 0. The Hall–Kier alpha value is -3.59. The Morgan fingerprint density at radius 3 is 1.00 bits per heavy atom. The summed E-state index contributed by atoms with van der Waals surface area (Å²) in [5.74, 6) is -0.840. The van der Waals surface area contributed by atoms with Gasteiger partial charge in [0.15, 0.2) is 6.10 Å². The van der Waals surface area contributed by atoms with Crippen LogP contribution in [0.15, 0.2) is 122 Å². The van der Waals surface area contributed by atoms with Crippen LogP contribution in [0.5, 0.6) is 0 Å². The molecule has 0 heterocycles. The first-order valence-electron chi connectivity index (χ1n) is 32.2. The van der Waals surface area contributed by atoms with E-state index in [9.17, 15) is 19.0 Å². The van der Waals surface area contributed by atoms with Gasteiger partial charge in [-0.15, -0.1) is 0 Å². The van der Waals surface area contributed by atoms with Crippen molar-refractivity contribution in [2.24, 2.45) is 0 Å². The molecule has 0 rings (SSSR count). The standard InChI is InChI=1S/C70H120NO8P/c1-6-8-10-12-14-16-18-20-22-24-26-28-30-32-34-35-37-39-41-43-45-47-49-51-53-55-57-59-61-63-70(73)79-68(67-78-80(74,75)77-65-64-71(3,4)5)66-76-69(72)62-60-58-56-54-52-50-48-46-44-42-40-38-36-33-31-29-27-25-23-21-19-17-15-13-11-9-7-2/h8-11,14-17,20-23,26-29,32,34,37,39,68H,6-7,12-13,18-19,24-25,30-31,33,35-36,38,40-67H2,1-5H3/b10-8-,11-9-,16-14-,17-15-,22-20-,23-21-,28-26-,29-27-,34-32-,39-37-. The van der Waals surface area contributed by atoms with Gasteiger partial charge in [-0.25, -0.2) is 0 Å². The van der Waals surface area contributed by atoms with Crippen LogP contribution in [0.1, 0.15) is 258 Å². The maximum atomic E-state index is 12.8. The van der Waals surface area contributed by atoms with Crippen LogP contribution in [0.4, 0.5) is 0 Å². The first kappa shape index (κ1) is 76.4. The number of allylic oxidation sites excluding steroid dienone is 20. The lowest BCUT2D eigenvalue weighted by Gasteiger charge is -2.28. The summed E-state index contributed by atoms with van der Waals surface area (Å²) in [6.45, 7) is 4.02. The first-order valence-corrected chi connectivity index (χ1v) is 33.7. The van der Waals surface area contributed by atoms with Gasteiger partial charge in [-0.05, 0) is 103 Å². The van der Waals surface area contributed by atoms with E-state index in [2.05, 4.69) is 135 Å². The number of likely N-dealkylation sites (N-methyl/N-ethyl adjacent to an activating group) is 1. The van der Waals surface area contributed by atoms with Gasteiger partial charge < -0.3 is 27.9 Å². The summed E-state index contributed by atoms with van der Waals surface area (Å²) in [4.78, 5) is 38.0. The number of ether oxygens (including phenoxy) is 2. The number of phosphoric ester groups is 1. The topological polar surface area (TPSA) is 111 Å². The number of hydrogen-bond donors (Lipinski definition) is 0. The van der Waals surface area contributed by atoms with E-state index < -0.39 is 26.5 Å². The minimum atomic E-state index is -4.65. The predicted octanol–water partition coefficient (Wildman–Crippen LogP) is 20.1. The molecule has 0 radical (unpaired) electrons. The van der Waals surface area contributed by atoms with Crippen molar-refractivity contribution in [3.63, 3.8) is 0 Å². The minimum absolute atomic E-state index is 0.0370. The summed E-state index contributed by atoms with van der Waals surface area (Å²) in [5.41, 5.74) is 0. The molecule has 0 aromatic rings. The fraction of sp³-hybridized carbons (Fsp3) is 0.686. The molecule has 458 valence electrons. The smallest absolute Gasteiger partial charge is 0.306 e. The van der Waals surface area contributed by atoms with Gasteiger partial charge in [-0.2, -0.15) is 0 Å². The molecule has 0 aliphatic heterocycles. The zero-order valence-electron chi connectivity index (χ0n) is 52.0. The van der Waals surface area contributed by atoms with Crippen LogP contribution in [0, 0.1) is 0 Å². The van der Waals surface area contributed by atoms with Crippen LogP contribution in [0.3, 0.4) is 0 Å². The lowest BCUT2D eigenvalue weighted by atomic mass is 10.0. The second-order valence-corrected chi connectivity index (χ2v) is 23.8. The Labute approximate surface area is 492 Å². The lowest BCUT2D eigenvalue weighted by Crippen LogP contribution is -2.37. The van der Waals surface area contributed by atoms with E-state index in [1.54, 1.807) is 0 Å². The summed E-state index contributed by atoms with van der Waals surface area (Å²) >= 11 is 0. The van der Waals surface area contributed by atoms with Crippen molar-refractivity contribution in [3.05, 3.63) is 122 Å². The summed E-state index contributed by atoms with van der Waals surface area (Å²) in [6.07, 6.45) is 85.4. The maximum absolute atomic E-state index is 12.8. The largest absolute Gasteiger partial charge is 0.756 e. The maximum Gasteiger partial charge on any atom is 0.306 e. The predicted molar refractivity (Wildman–Crippen MR) is 341 cm³/mol. The van der Waals surface area contributed by atoms with E-state index in [0.717, 1.165) is 109 Å². The van der Waals surface area contributed by atoms with Crippen LogP contribution in [-0.4, -0.2) is 70.0 Å². The molecular weight excluding hydrogens is 1010 g/mol. The van der Waals surface area contributed by atoms with Crippen LogP contribution in [0.2, 0.25) is 0 Å². The highest BCUT2D eigenvalue weighted by Gasteiger charge is 2.22. The molecule has 0 fully saturated rings. The molecule has 0 aliphatic carbocycles. The van der Waals surface area contributed by atoms with Crippen LogP contribution >= 0.6 is 7.82 Å². The number of carbonyl (C=O) groups excluding carboxylic acids is 2. The van der Waals surface area contributed by atoms with Gasteiger partial charge in [-0.3, -0.25) is 14.2 Å². The number of hydrogen-bond acceptors (Lipinski definition) is 8. The van der Waals surface area contributed by atoms with Gasteiger partial charge in [0.1, 0.15) is 19.8 Å². The van der Waals surface area contributed by atoms with Gasteiger partial charge in [0.25, 0.3) is 7.82 Å². The molecule has 9 nitrogen and oxygen atoms in total. The Balaban J connectivity index is 4.13. The zero-order chi connectivity index (χ0) is 58.4. The number of quaternary nitrogens is 1. The fourth-order valence-corrected chi connectivity index (χ4v) is 9.32. The van der Waals surface area contributed by atoms with Crippen LogP contribution in [0.25, 0.3) is 0 Å². The second-order valence-electron chi connectivity index (χ2n) is 22.4. The molecule has 10 heteroatoms. The van der Waals surface area contributed by atoms with E-state index in [0.29, 0.717) is 17.4 Å². The number of esters is 2. The average molecular weight is 1130 g/mol. The minimum Gasteiger partial charge on any atom is -0.756 e. The highest BCUT2D eigenvalue weighted by atomic mass is 31.2. The third-order valence-electron chi connectivity index (χ3n) is 13.5. The molecule has 0 N–H and O–H groups in total. The first-order chi connectivity index (χ1) is 39.0. The van der Waals surface area contributed by atoms with Crippen molar-refractivity contribution in [2.75, 3.05) is 47.5 Å². The Bertz CT molecular complexity index is 1760. The second kappa shape index (κ2) is 60.0. The van der Waals surface area contributed by atoms with Crippen molar-refractivity contribution < 1.29 is 42.1 Å². The average Bonchev–Trinajstić information content (AvgIpc) is 3.42. The van der Waals surface area contributed by atoms with Crippen LogP contribution < -0.4 is 4.89 Å². The molecule has 80 heavy (non-hydrogen) atoms. The summed E-state index contributed by atoms with van der Waals surface area (Å²) in [7, 11) is 1.15. The molecule has 0 bridgehead atoms. The number of carbonyl (C=O) groups is 2. The number of rotatable bonds is 58. The van der Waals surface area contributed by atoms with Gasteiger partial charge in [0.05, 0.1) is 27.7 Å². The third-order valence-corrected chi connectivity index (χ3v) is 14.4. The SMILES string of the molecule is CC/C=C\C/C=C\C/C=C\C/C=C\C/C=C\C/C=C\CCCCCCCCCCCCC(=O)OC(COC(=O)CCCCCCCCCCCCCCCC/C=C\C/C=C\C/C=C\C/C=C\CC)COP(=O)([O-])OCC[N+](C)(C)C. The molecule has 2 unspecified atom stereocenters. The van der Waals surface area contributed by atoms with Gasteiger partial charge >= 0.3 is 11.9 Å². The van der Waals surface area contributed by atoms with Crippen molar-refractivity contribution in [3.8, 4) is 0 Å². The summed E-state index contributed by atoms with van der Waals surface area (Å²) in [5, 5.41) is 0. The van der Waals surface area contributed by atoms with Crippen LogP contribution in [-0.2, 0) is 32.7 Å². The quantitative estimate of drug-likeness (QED) is 0.0195. The molecule has 0 aromatic carbocycles. The zero-order valence-corrected chi connectivity index (χ0v) is 52.9. The van der Waals surface area contributed by atoms with Gasteiger partial charge in [-0.1, -0.05) is 264 Å². The molecule has 0 amide bonds. The van der Waals surface area contributed by atoms with Gasteiger partial charge in [0.2, 0.25) is 0 Å². The highest BCUT2D eigenvalue weighted by molar-refractivity contribution is 7.45. The Morgan fingerprint density at radius 1 is 0.388 bits per heavy atom. The monoisotopic (exact) mass is 1130 g/mol. The Kier molecular flexibility index (Phi) is 57.3. The molecule has 0 saturated carbocycles. The van der Waals surface area contributed by atoms with Gasteiger partial charge in [0, 0.05) is 12.8 Å². The van der Waals surface area contributed by atoms with Crippen molar-refractivity contribution in [1.82, 2.24) is 0 Å². The van der Waals surface area contributed by atoms with E-state index in [1.165, 1.54) is 116 Å². The lowest BCUT2D eigenvalue weighted by molar-refractivity contribution is -0.870. The van der Waals surface area contributed by atoms with Crippen molar-refractivity contribution in [1.29, 1.82) is 0 Å².